The molecule has 1 N–H and O–H groups in total. The molecule has 2 rings (SSSR count). The normalized spacial score (nSPS) is 18.4. The lowest BCUT2D eigenvalue weighted by atomic mass is 10.1. The van der Waals surface area contributed by atoms with Crippen molar-refractivity contribution >= 4 is 5.69 Å². The Labute approximate surface area is 123 Å². The van der Waals surface area contributed by atoms with Gasteiger partial charge in [-0.25, -0.2) is 0 Å². The summed E-state index contributed by atoms with van der Waals surface area (Å²) in [5.41, 5.74) is 4.08. The number of hydrogen-bond acceptors (Lipinski definition) is 3. The number of nitrogens with one attached hydrogen (secondary N) is 1. The van der Waals surface area contributed by atoms with Gasteiger partial charge in [0.05, 0.1) is 6.10 Å². The molecule has 0 bridgehead atoms. The molecule has 0 amide bonds. The molecule has 1 aromatic carbocycles. The second-order valence-electron chi connectivity index (χ2n) is 5.56. The predicted octanol–water partition coefficient (Wildman–Crippen LogP) is 3.11. The van der Waals surface area contributed by atoms with Crippen LogP contribution in [-0.2, 0) is 11.3 Å². The number of rotatable bonds is 7. The zero-order chi connectivity index (χ0) is 14.4. The van der Waals surface area contributed by atoms with Crippen LogP contribution in [0.4, 0.5) is 5.69 Å². The Morgan fingerprint density at radius 2 is 2.20 bits per heavy atom. The summed E-state index contributed by atoms with van der Waals surface area (Å²) in [6, 6.07) is 6.81. The molecule has 1 saturated heterocycles. The topological polar surface area (TPSA) is 24.5 Å². The molecule has 0 radical (unpaired) electrons. The van der Waals surface area contributed by atoms with E-state index in [1.165, 1.54) is 29.7 Å². The molecule has 0 aromatic heterocycles. The highest BCUT2D eigenvalue weighted by Crippen LogP contribution is 2.22. The van der Waals surface area contributed by atoms with Crippen molar-refractivity contribution < 1.29 is 4.74 Å². The average molecular weight is 276 g/mol. The first-order valence-corrected chi connectivity index (χ1v) is 7.91. The second kappa shape index (κ2) is 7.65. The van der Waals surface area contributed by atoms with Gasteiger partial charge in [-0.2, -0.15) is 0 Å². The molecular formula is C17H28N2O. The summed E-state index contributed by atoms with van der Waals surface area (Å²) < 4.78 is 5.76. The quantitative estimate of drug-likeness (QED) is 0.828. The summed E-state index contributed by atoms with van der Waals surface area (Å²) in [4.78, 5) is 2.43. The molecule has 1 atom stereocenters. The van der Waals surface area contributed by atoms with Gasteiger partial charge >= 0.3 is 0 Å². The van der Waals surface area contributed by atoms with Crippen LogP contribution in [0.15, 0.2) is 18.2 Å². The van der Waals surface area contributed by atoms with E-state index in [1.807, 2.05) is 0 Å². The molecule has 1 heterocycles. The zero-order valence-electron chi connectivity index (χ0n) is 13.1. The maximum atomic E-state index is 5.76. The molecule has 1 unspecified atom stereocenters. The summed E-state index contributed by atoms with van der Waals surface area (Å²) in [5.74, 6) is 0. The molecule has 1 fully saturated rings. The predicted molar refractivity (Wildman–Crippen MR) is 85.4 cm³/mol. The Morgan fingerprint density at radius 3 is 2.80 bits per heavy atom. The van der Waals surface area contributed by atoms with Crippen molar-refractivity contribution in [3.8, 4) is 0 Å². The van der Waals surface area contributed by atoms with E-state index in [0.29, 0.717) is 6.10 Å². The molecule has 0 spiro atoms. The fourth-order valence-electron chi connectivity index (χ4n) is 2.79. The van der Waals surface area contributed by atoms with Crippen molar-refractivity contribution in [3.05, 3.63) is 29.3 Å². The highest BCUT2D eigenvalue weighted by Gasteiger charge is 2.19. The van der Waals surface area contributed by atoms with Crippen LogP contribution in [0.25, 0.3) is 0 Å². The first-order valence-electron chi connectivity index (χ1n) is 7.91. The van der Waals surface area contributed by atoms with E-state index < -0.39 is 0 Å². The molecule has 1 aliphatic heterocycles. The third kappa shape index (κ3) is 3.97. The smallest absolute Gasteiger partial charge is 0.0750 e. The van der Waals surface area contributed by atoms with Gasteiger partial charge < -0.3 is 15.0 Å². The van der Waals surface area contributed by atoms with E-state index in [9.17, 15) is 0 Å². The summed E-state index contributed by atoms with van der Waals surface area (Å²) in [5, 5.41) is 3.39. The number of benzene rings is 1. The van der Waals surface area contributed by atoms with E-state index in [4.69, 9.17) is 4.74 Å². The average Bonchev–Trinajstić information content (AvgIpc) is 2.96. The molecule has 3 nitrogen and oxygen atoms in total. The summed E-state index contributed by atoms with van der Waals surface area (Å²) in [7, 11) is 0. The van der Waals surface area contributed by atoms with E-state index in [1.54, 1.807) is 0 Å². The van der Waals surface area contributed by atoms with Crippen LogP contribution in [0.3, 0.4) is 0 Å². The Hall–Kier alpha value is -1.06. The van der Waals surface area contributed by atoms with Crippen LogP contribution < -0.4 is 10.2 Å². The third-order valence-electron chi connectivity index (χ3n) is 4.09. The SMILES string of the molecule is CCNCc1ccc(N(CC)CC2CCCO2)cc1C. The van der Waals surface area contributed by atoms with Crippen molar-refractivity contribution in [1.82, 2.24) is 5.32 Å². The Balaban J connectivity index is 2.03. The molecule has 1 aromatic rings. The Kier molecular flexibility index (Phi) is 5.86. The monoisotopic (exact) mass is 276 g/mol. The van der Waals surface area contributed by atoms with Gasteiger partial charge in [-0.1, -0.05) is 13.0 Å². The maximum absolute atomic E-state index is 5.76. The van der Waals surface area contributed by atoms with E-state index in [0.717, 1.165) is 32.8 Å². The molecule has 20 heavy (non-hydrogen) atoms. The molecular weight excluding hydrogens is 248 g/mol. The number of hydrogen-bond donors (Lipinski definition) is 1. The van der Waals surface area contributed by atoms with E-state index in [-0.39, 0.29) is 0 Å². The summed E-state index contributed by atoms with van der Waals surface area (Å²) in [6.45, 7) is 11.5. The van der Waals surface area contributed by atoms with Crippen molar-refractivity contribution in [3.63, 3.8) is 0 Å². The fraction of sp³-hybridized carbons (Fsp3) is 0.647. The Bertz CT molecular complexity index is 413. The number of nitrogens with zero attached hydrogens (tertiary/aromatic N) is 1. The zero-order valence-corrected chi connectivity index (χ0v) is 13.1. The van der Waals surface area contributed by atoms with Gasteiger partial charge in [-0.05, 0) is 56.5 Å². The van der Waals surface area contributed by atoms with Gasteiger partial charge in [0, 0.05) is 31.9 Å². The van der Waals surface area contributed by atoms with Crippen LogP contribution in [0.5, 0.6) is 0 Å². The second-order valence-corrected chi connectivity index (χ2v) is 5.56. The van der Waals surface area contributed by atoms with E-state index in [2.05, 4.69) is 49.2 Å². The molecule has 0 saturated carbocycles. The van der Waals surface area contributed by atoms with Crippen molar-refractivity contribution in [2.45, 2.75) is 46.3 Å². The van der Waals surface area contributed by atoms with Gasteiger partial charge in [0.25, 0.3) is 0 Å². The van der Waals surface area contributed by atoms with Gasteiger partial charge in [0.15, 0.2) is 0 Å². The van der Waals surface area contributed by atoms with Crippen LogP contribution in [0.2, 0.25) is 0 Å². The lowest BCUT2D eigenvalue weighted by Crippen LogP contribution is -2.32. The molecule has 3 heteroatoms. The van der Waals surface area contributed by atoms with Crippen molar-refractivity contribution in [2.75, 3.05) is 31.1 Å². The first-order chi connectivity index (χ1) is 9.74. The van der Waals surface area contributed by atoms with Gasteiger partial charge in [-0.15, -0.1) is 0 Å². The number of anilines is 1. The highest BCUT2D eigenvalue weighted by molar-refractivity contribution is 5.51. The fourth-order valence-corrected chi connectivity index (χ4v) is 2.79. The number of ether oxygens (including phenoxy) is 1. The van der Waals surface area contributed by atoms with Crippen LogP contribution in [0, 0.1) is 6.92 Å². The number of likely N-dealkylation sites (N-methyl/N-ethyl adjacent to an activating group) is 1. The summed E-state index contributed by atoms with van der Waals surface area (Å²) in [6.07, 6.45) is 2.83. The maximum Gasteiger partial charge on any atom is 0.0750 e. The lowest BCUT2D eigenvalue weighted by molar-refractivity contribution is 0.115. The van der Waals surface area contributed by atoms with Crippen molar-refractivity contribution in [2.24, 2.45) is 0 Å². The van der Waals surface area contributed by atoms with Gasteiger partial charge in [-0.3, -0.25) is 0 Å². The lowest BCUT2D eigenvalue weighted by Gasteiger charge is -2.27. The van der Waals surface area contributed by atoms with Gasteiger partial charge in [0.2, 0.25) is 0 Å². The minimum absolute atomic E-state index is 0.414. The molecule has 0 aliphatic carbocycles. The minimum atomic E-state index is 0.414. The van der Waals surface area contributed by atoms with Crippen LogP contribution >= 0.6 is 0 Å². The van der Waals surface area contributed by atoms with Gasteiger partial charge in [0.1, 0.15) is 0 Å². The van der Waals surface area contributed by atoms with Crippen LogP contribution in [-0.4, -0.2) is 32.3 Å². The Morgan fingerprint density at radius 1 is 1.35 bits per heavy atom. The third-order valence-corrected chi connectivity index (χ3v) is 4.09. The molecule has 1 aliphatic rings. The highest BCUT2D eigenvalue weighted by atomic mass is 16.5. The van der Waals surface area contributed by atoms with Crippen molar-refractivity contribution in [1.29, 1.82) is 0 Å². The molecule has 112 valence electrons. The number of aryl methyl sites for hydroxylation is 1. The first kappa shape index (κ1) is 15.3. The largest absolute Gasteiger partial charge is 0.376 e. The minimum Gasteiger partial charge on any atom is -0.376 e. The standard InChI is InChI=1S/C17H28N2O/c1-4-18-12-15-8-9-16(11-14(15)3)19(5-2)13-17-7-6-10-20-17/h8-9,11,17-18H,4-7,10,12-13H2,1-3H3. The van der Waals surface area contributed by atoms with E-state index >= 15 is 0 Å². The van der Waals surface area contributed by atoms with Crippen LogP contribution in [0.1, 0.15) is 37.8 Å². The summed E-state index contributed by atoms with van der Waals surface area (Å²) >= 11 is 0.